The van der Waals surface area contributed by atoms with Crippen LogP contribution in [-0.4, -0.2) is 48.6 Å². The lowest BCUT2D eigenvalue weighted by molar-refractivity contribution is 0.381. The van der Waals surface area contributed by atoms with E-state index in [9.17, 15) is 8.78 Å². The standard InChI is InChI=1S/C21H23F2N5.HI/c22-16-1-4-18(5-2-16)27-9-11-28(12-10-27)21(24)25-8-7-15-14-26-20-13-17(23)3-6-19(15)20;/h1-6,13-14,26H,7-12H2,(H2,24,25);1H. The molecule has 0 bridgehead atoms. The van der Waals surface area contributed by atoms with Crippen LogP contribution in [0.1, 0.15) is 5.56 Å². The fourth-order valence-corrected chi connectivity index (χ4v) is 3.60. The van der Waals surface area contributed by atoms with Gasteiger partial charge in [-0.1, -0.05) is 0 Å². The molecule has 0 aliphatic carbocycles. The molecule has 5 nitrogen and oxygen atoms in total. The summed E-state index contributed by atoms with van der Waals surface area (Å²) < 4.78 is 26.3. The summed E-state index contributed by atoms with van der Waals surface area (Å²) in [5.74, 6) is 0.0756. The lowest BCUT2D eigenvalue weighted by Gasteiger charge is -2.36. The van der Waals surface area contributed by atoms with Gasteiger partial charge in [-0.3, -0.25) is 4.99 Å². The number of H-pyrrole nitrogens is 1. The topological polar surface area (TPSA) is 60.6 Å². The highest BCUT2D eigenvalue weighted by molar-refractivity contribution is 14.0. The van der Waals surface area contributed by atoms with Gasteiger partial charge in [-0.25, -0.2) is 8.78 Å². The molecule has 3 N–H and O–H groups in total. The number of fused-ring (bicyclic) bond motifs is 1. The maximum Gasteiger partial charge on any atom is 0.191 e. The quantitative estimate of drug-likeness (QED) is 0.319. The molecule has 4 rings (SSSR count). The third-order valence-electron chi connectivity index (χ3n) is 5.18. The molecule has 2 heterocycles. The number of benzene rings is 2. The molecule has 1 aliphatic heterocycles. The molecular formula is C21H24F2IN5. The second kappa shape index (κ2) is 9.43. The molecule has 0 spiro atoms. The summed E-state index contributed by atoms with van der Waals surface area (Å²) in [6.07, 6.45) is 2.64. The highest BCUT2D eigenvalue weighted by Gasteiger charge is 2.18. The maximum atomic E-state index is 13.3. The first-order valence-corrected chi connectivity index (χ1v) is 9.41. The SMILES string of the molecule is I.NC(=NCCc1c[nH]c2cc(F)ccc12)N1CCN(c2ccc(F)cc2)CC1. The van der Waals surface area contributed by atoms with E-state index in [4.69, 9.17) is 5.73 Å². The normalized spacial score (nSPS) is 14.9. The van der Waals surface area contributed by atoms with Crippen LogP contribution in [0.3, 0.4) is 0 Å². The van der Waals surface area contributed by atoms with Gasteiger partial charge in [0.15, 0.2) is 5.96 Å². The first kappa shape index (κ1) is 21.4. The van der Waals surface area contributed by atoms with Crippen molar-refractivity contribution in [3.05, 3.63) is 65.9 Å². The Morgan fingerprint density at radius 2 is 1.69 bits per heavy atom. The number of aliphatic imine (C=N–C) groups is 1. The highest BCUT2D eigenvalue weighted by Crippen LogP contribution is 2.20. The highest BCUT2D eigenvalue weighted by atomic mass is 127. The van der Waals surface area contributed by atoms with Gasteiger partial charge >= 0.3 is 0 Å². The van der Waals surface area contributed by atoms with E-state index in [1.165, 1.54) is 24.3 Å². The van der Waals surface area contributed by atoms with E-state index >= 15 is 0 Å². The van der Waals surface area contributed by atoms with E-state index in [-0.39, 0.29) is 35.6 Å². The number of nitrogens with two attached hydrogens (primary N) is 1. The predicted octanol–water partition coefficient (Wildman–Crippen LogP) is 3.74. The number of nitrogens with zero attached hydrogens (tertiary/aromatic N) is 3. The van der Waals surface area contributed by atoms with Crippen molar-refractivity contribution in [3.8, 4) is 0 Å². The Morgan fingerprint density at radius 1 is 1.00 bits per heavy atom. The largest absolute Gasteiger partial charge is 0.370 e. The number of hydrogen-bond donors (Lipinski definition) is 2. The molecule has 0 saturated carbocycles. The molecular weight excluding hydrogens is 487 g/mol. The Labute approximate surface area is 185 Å². The van der Waals surface area contributed by atoms with Gasteiger partial charge in [-0.15, -0.1) is 24.0 Å². The van der Waals surface area contributed by atoms with Gasteiger partial charge in [0, 0.05) is 55.5 Å². The van der Waals surface area contributed by atoms with Crippen LogP contribution in [0, 0.1) is 11.6 Å². The van der Waals surface area contributed by atoms with Crippen LogP contribution >= 0.6 is 24.0 Å². The Bertz CT molecular complexity index is 978. The molecule has 2 aromatic carbocycles. The van der Waals surface area contributed by atoms with E-state index in [0.29, 0.717) is 12.5 Å². The molecule has 1 aromatic heterocycles. The first-order valence-electron chi connectivity index (χ1n) is 9.41. The summed E-state index contributed by atoms with van der Waals surface area (Å²) in [6.45, 7) is 3.76. The minimum Gasteiger partial charge on any atom is -0.370 e. The van der Waals surface area contributed by atoms with E-state index < -0.39 is 0 Å². The number of hydrogen-bond acceptors (Lipinski definition) is 2. The Hall–Kier alpha value is -2.36. The van der Waals surface area contributed by atoms with Crippen LogP contribution in [0.25, 0.3) is 10.9 Å². The fraction of sp³-hybridized carbons (Fsp3) is 0.286. The Balaban J connectivity index is 0.00000240. The zero-order valence-corrected chi connectivity index (χ0v) is 18.3. The van der Waals surface area contributed by atoms with Gasteiger partial charge < -0.3 is 20.5 Å². The summed E-state index contributed by atoms with van der Waals surface area (Å²) in [5.41, 5.74) is 9.10. The number of piperazine rings is 1. The van der Waals surface area contributed by atoms with Crippen LogP contribution in [0.15, 0.2) is 53.7 Å². The number of halogens is 3. The lowest BCUT2D eigenvalue weighted by Crippen LogP contribution is -2.51. The zero-order valence-electron chi connectivity index (χ0n) is 15.9. The molecule has 0 unspecified atom stereocenters. The zero-order chi connectivity index (χ0) is 19.5. The third-order valence-corrected chi connectivity index (χ3v) is 5.18. The second-order valence-corrected chi connectivity index (χ2v) is 6.94. The summed E-state index contributed by atoms with van der Waals surface area (Å²) in [4.78, 5) is 11.9. The minimum absolute atomic E-state index is 0. The van der Waals surface area contributed by atoms with Crippen molar-refractivity contribution in [2.24, 2.45) is 10.7 Å². The predicted molar refractivity (Wildman–Crippen MR) is 124 cm³/mol. The van der Waals surface area contributed by atoms with E-state index in [1.807, 2.05) is 6.20 Å². The van der Waals surface area contributed by atoms with Gasteiger partial charge in [0.1, 0.15) is 11.6 Å². The van der Waals surface area contributed by atoms with Crippen molar-refractivity contribution in [2.75, 3.05) is 37.6 Å². The van der Waals surface area contributed by atoms with Gasteiger partial charge in [-0.2, -0.15) is 0 Å². The molecule has 3 aromatic rings. The molecule has 8 heteroatoms. The van der Waals surface area contributed by atoms with Crippen LogP contribution in [0.4, 0.5) is 14.5 Å². The molecule has 1 aliphatic rings. The first-order chi connectivity index (χ1) is 13.6. The smallest absolute Gasteiger partial charge is 0.191 e. The van der Waals surface area contributed by atoms with Crippen molar-refractivity contribution < 1.29 is 8.78 Å². The molecule has 0 atom stereocenters. The average molecular weight is 511 g/mol. The number of aromatic nitrogens is 1. The van der Waals surface area contributed by atoms with Gasteiger partial charge in [0.25, 0.3) is 0 Å². The van der Waals surface area contributed by atoms with Crippen LogP contribution in [-0.2, 0) is 6.42 Å². The van der Waals surface area contributed by atoms with Crippen molar-refractivity contribution in [2.45, 2.75) is 6.42 Å². The molecule has 1 fully saturated rings. The average Bonchev–Trinajstić information content (AvgIpc) is 3.10. The van der Waals surface area contributed by atoms with E-state index in [2.05, 4.69) is 19.8 Å². The second-order valence-electron chi connectivity index (χ2n) is 6.94. The molecule has 1 saturated heterocycles. The number of nitrogens with one attached hydrogen (secondary N) is 1. The number of aromatic amines is 1. The van der Waals surface area contributed by atoms with Gasteiger partial charge in [0.05, 0.1) is 0 Å². The molecule has 29 heavy (non-hydrogen) atoms. The van der Waals surface area contributed by atoms with Crippen LogP contribution in [0.2, 0.25) is 0 Å². The van der Waals surface area contributed by atoms with Gasteiger partial charge in [0.2, 0.25) is 0 Å². The van der Waals surface area contributed by atoms with Crippen molar-refractivity contribution >= 4 is 46.5 Å². The summed E-state index contributed by atoms with van der Waals surface area (Å²) in [7, 11) is 0. The monoisotopic (exact) mass is 511 g/mol. The third kappa shape index (κ3) is 4.98. The Kier molecular flexibility index (Phi) is 6.94. The summed E-state index contributed by atoms with van der Waals surface area (Å²) in [6, 6.07) is 11.3. The number of anilines is 1. The van der Waals surface area contributed by atoms with E-state index in [1.54, 1.807) is 18.2 Å². The fourth-order valence-electron chi connectivity index (χ4n) is 3.60. The van der Waals surface area contributed by atoms with Crippen molar-refractivity contribution in [1.29, 1.82) is 0 Å². The Morgan fingerprint density at radius 3 is 2.41 bits per heavy atom. The van der Waals surface area contributed by atoms with Crippen molar-refractivity contribution in [3.63, 3.8) is 0 Å². The van der Waals surface area contributed by atoms with Gasteiger partial charge in [-0.05, 0) is 54.4 Å². The van der Waals surface area contributed by atoms with Crippen molar-refractivity contribution in [1.82, 2.24) is 9.88 Å². The number of rotatable bonds is 4. The summed E-state index contributed by atoms with van der Waals surface area (Å²) >= 11 is 0. The maximum absolute atomic E-state index is 13.3. The minimum atomic E-state index is -0.247. The van der Waals surface area contributed by atoms with Crippen LogP contribution in [0.5, 0.6) is 0 Å². The van der Waals surface area contributed by atoms with Crippen LogP contribution < -0.4 is 10.6 Å². The lowest BCUT2D eigenvalue weighted by atomic mass is 10.1. The van der Waals surface area contributed by atoms with E-state index in [0.717, 1.165) is 54.8 Å². The molecule has 0 amide bonds. The number of guanidine groups is 1. The molecule has 0 radical (unpaired) electrons. The molecule has 154 valence electrons. The summed E-state index contributed by atoms with van der Waals surface area (Å²) in [5, 5.41) is 1.02.